The topological polar surface area (TPSA) is 513 Å². The Bertz CT molecular complexity index is 7530. The van der Waals surface area contributed by atoms with E-state index in [0.29, 0.717) is 10.9 Å². The highest BCUT2D eigenvalue weighted by molar-refractivity contribution is 9.11. The van der Waals surface area contributed by atoms with Gasteiger partial charge in [0.25, 0.3) is 40.8 Å². The van der Waals surface area contributed by atoms with Gasteiger partial charge in [-0.25, -0.2) is 79.7 Å². The van der Waals surface area contributed by atoms with Gasteiger partial charge in [0.05, 0.1) is 46.9 Å². The molecule has 0 spiro atoms. The van der Waals surface area contributed by atoms with Gasteiger partial charge >= 0.3 is 24.0 Å². The van der Waals surface area contributed by atoms with Crippen molar-refractivity contribution < 1.29 is 110 Å². The van der Waals surface area contributed by atoms with Crippen LogP contribution < -0.4 is 75.7 Å². The Hall–Kier alpha value is -11.3. The largest absolute Gasteiger partial charge is 0.473 e. The van der Waals surface area contributed by atoms with Gasteiger partial charge in [-0.2, -0.15) is 52.6 Å². The number of aromatic nitrogens is 16. The SMILES string of the molecule is [2H]c1c([2H])c(-c2c(NS(=O)(=O)NC([2H])([2H])C([2H])([2H])C)ncnc2OCCOc2ncc(C)cn2)c([2H])c([2H])c1Br.[2H]c1c([2H])c(-c2c(NS(=O)(=O)NC([2H])([2H])CC)ncnc2OCCOc2ncc(C)cn2)c([2H])c([2H])c1Br.[2H]c1c([2H])c(-c2c(NS(=O)(=O)NCCC)ncnc2OCCOc2ncc(C)cn2)c([2H])c([2H])c1Br.[2H]c1nc(OC([2H])([2H])C([2H])([2H])Oc2ncnc(NS(=O)(=O)NC([2H])([2H])C([2H])([2H])C)c2-c2ccc(Br)cc2)nc([2H])c1C. The zero-order chi connectivity index (χ0) is 117. The molecule has 0 bridgehead atoms. The van der Waals surface area contributed by atoms with Crippen molar-refractivity contribution in [2.45, 2.75) is 81.0 Å². The van der Waals surface area contributed by atoms with E-state index in [9.17, 15) is 33.7 Å². The van der Waals surface area contributed by atoms with E-state index < -0.39 is 194 Å². The number of benzene rings is 4. The van der Waals surface area contributed by atoms with Crippen molar-refractivity contribution in [3.8, 4) is 92.1 Å². The van der Waals surface area contributed by atoms with Crippen LogP contribution in [0.3, 0.4) is 0 Å². The third kappa shape index (κ3) is 34.0. The molecule has 0 radical (unpaired) electrons. The summed E-state index contributed by atoms with van der Waals surface area (Å²) in [7, 11) is -18.4. The molecule has 0 saturated heterocycles. The molecule has 48 heteroatoms. The number of hydrogen-bond donors (Lipinski definition) is 8. The minimum absolute atomic E-state index is 0.000804. The number of nitrogens with zero attached hydrogens (tertiary/aromatic N) is 16. The lowest BCUT2D eigenvalue weighted by Crippen LogP contribution is -2.31. The standard InChI is InChI=1S/4C20H23BrN6O4S/c4*1-3-8-26-32(28,29)27-18-17(15-4-6-16(21)7-5-15)19(25-13-24-18)30-9-10-31-20-22-11-14(2)12-23-20/h4*4-7,11-13,26H,3,8-10H2,1-2H3,(H,24,25,27)/i3D2,8D2,9D2,10D2,11D,12D;3D2,4D,5D,6D,7D,8D2;4D,5D,6D,7D,8D2;4D,5D,6D,7D. The van der Waals surface area contributed by atoms with E-state index in [1.165, 1.54) is 38.1 Å². The third-order valence-corrected chi connectivity index (χ3v) is 19.6. The van der Waals surface area contributed by atoms with Crippen molar-refractivity contribution in [1.82, 2.24) is 98.6 Å². The highest BCUT2D eigenvalue weighted by Gasteiger charge is 2.26. The Morgan fingerprint density at radius 1 is 0.312 bits per heavy atom. The molecule has 0 amide bonds. The summed E-state index contributed by atoms with van der Waals surface area (Å²) in [5, 5.41) is 0. The number of ether oxygens (including phenoxy) is 8. The van der Waals surface area contributed by atoms with E-state index in [0.717, 1.165) is 55.8 Å². The van der Waals surface area contributed by atoms with E-state index in [2.05, 4.69) is 158 Å². The first-order chi connectivity index (χ1) is 72.3. The summed E-state index contributed by atoms with van der Waals surface area (Å²) in [6.07, 6.45) is 7.28. The Kier molecular flexibility index (Phi) is 26.7. The van der Waals surface area contributed by atoms with Gasteiger partial charge in [0.15, 0.2) is 23.3 Å². The highest BCUT2D eigenvalue weighted by Crippen LogP contribution is 2.39. The summed E-state index contributed by atoms with van der Waals surface area (Å²) in [6, 6.07) is -0.151. The molecular formula is C80H92Br4N24O16S4. The molecule has 8 aromatic heterocycles. The van der Waals surface area contributed by atoms with Crippen LogP contribution in [0.25, 0.3) is 44.5 Å². The normalized spacial score (nSPS) is 15.2. The summed E-state index contributed by atoms with van der Waals surface area (Å²) >= 11 is 12.3. The molecule has 680 valence electrons. The van der Waals surface area contributed by atoms with Crippen LogP contribution in [0.5, 0.6) is 47.6 Å². The van der Waals surface area contributed by atoms with Crippen LogP contribution in [0.2, 0.25) is 0 Å². The number of halogens is 4. The van der Waals surface area contributed by atoms with Crippen LogP contribution in [-0.2, 0) is 40.8 Å². The van der Waals surface area contributed by atoms with E-state index in [-0.39, 0.29) is 164 Å². The summed E-state index contributed by atoms with van der Waals surface area (Å²) < 4.78 is 386. The van der Waals surface area contributed by atoms with Crippen molar-refractivity contribution in [3.05, 3.63) is 212 Å². The van der Waals surface area contributed by atoms with Gasteiger partial charge in [0.2, 0.25) is 23.5 Å². The number of aryl methyl sites for hydroxylation is 3. The average molecular weight is 2120 g/mol. The number of anilines is 4. The van der Waals surface area contributed by atoms with Gasteiger partial charge in [-0.05, 0) is 146 Å². The van der Waals surface area contributed by atoms with Gasteiger partial charge in [-0.15, -0.1) is 0 Å². The monoisotopic (exact) mass is 2120 g/mol. The van der Waals surface area contributed by atoms with Crippen molar-refractivity contribution in [3.63, 3.8) is 0 Å². The molecule has 128 heavy (non-hydrogen) atoms. The highest BCUT2D eigenvalue weighted by atomic mass is 79.9. The Morgan fingerprint density at radius 3 is 0.922 bits per heavy atom. The molecule has 8 heterocycles. The number of hydrogen-bond acceptors (Lipinski definition) is 32. The first-order valence-corrected chi connectivity index (χ1v) is 45.4. The van der Waals surface area contributed by atoms with E-state index >= 15 is 0 Å². The molecule has 0 atom stereocenters. The molecular weight excluding hydrogens is 2000 g/mol. The summed E-state index contributed by atoms with van der Waals surface area (Å²) in [5.41, 5.74) is 0.630. The van der Waals surface area contributed by atoms with Crippen LogP contribution in [0.15, 0.2) is 190 Å². The van der Waals surface area contributed by atoms with Crippen molar-refractivity contribution in [2.24, 2.45) is 0 Å². The summed E-state index contributed by atoms with van der Waals surface area (Å²) in [5.74, 6) is -3.35. The van der Waals surface area contributed by atoms with Crippen LogP contribution in [0.1, 0.15) is 114 Å². The first kappa shape index (κ1) is 67.0. The molecule has 40 nitrogen and oxygen atoms in total. The predicted octanol–water partition coefficient (Wildman–Crippen LogP) is 12.5. The third-order valence-electron chi connectivity index (χ3n) is 14.3. The number of rotatable bonds is 44. The summed E-state index contributed by atoms with van der Waals surface area (Å²) in [6.45, 7) is -3.86. The van der Waals surface area contributed by atoms with Crippen molar-refractivity contribution >= 4 is 128 Å². The minimum Gasteiger partial charge on any atom is -0.473 e. The fraction of sp³-hybridized carbons (Fsp3) is 0.300. The molecule has 0 aliphatic rings. The smallest absolute Gasteiger partial charge is 0.316 e. The van der Waals surface area contributed by atoms with E-state index in [4.69, 9.17) is 76.3 Å². The maximum atomic E-state index is 12.8. The maximum absolute atomic E-state index is 12.8. The second-order valence-electron chi connectivity index (χ2n) is 24.1. The van der Waals surface area contributed by atoms with Gasteiger partial charge in [-0.1, -0.05) is 140 Å². The van der Waals surface area contributed by atoms with Crippen LogP contribution in [0, 0.1) is 27.7 Å². The number of nitrogens with one attached hydrogen (secondary N) is 8. The molecule has 0 unspecified atom stereocenters. The van der Waals surface area contributed by atoms with E-state index in [1.54, 1.807) is 60.5 Å². The van der Waals surface area contributed by atoms with Gasteiger partial charge < -0.3 is 37.9 Å². The molecule has 0 fully saturated rings. The quantitative estimate of drug-likeness (QED) is 0.0164. The lowest BCUT2D eigenvalue weighted by atomic mass is 10.1. The van der Waals surface area contributed by atoms with Crippen molar-refractivity contribution in [1.29, 1.82) is 0 Å². The second kappa shape index (κ2) is 51.0. The Morgan fingerprint density at radius 2 is 0.602 bits per heavy atom. The fourth-order valence-corrected chi connectivity index (χ4v) is 13.0. The summed E-state index contributed by atoms with van der Waals surface area (Å²) in [4.78, 5) is 62.7. The molecule has 0 aliphatic heterocycles. The van der Waals surface area contributed by atoms with Gasteiger partial charge in [0, 0.05) is 107 Å². The first-order valence-electron chi connectivity index (χ1n) is 50.3. The Labute approximate surface area is 814 Å². The molecule has 0 aliphatic carbocycles. The maximum Gasteiger partial charge on any atom is 0.316 e. The minimum atomic E-state index is -4.87. The molecule has 12 aromatic rings. The average Bonchev–Trinajstić information content (AvgIpc) is 0.768. The van der Waals surface area contributed by atoms with E-state index in [1.807, 2.05) is 28.0 Å². The van der Waals surface area contributed by atoms with Gasteiger partial charge in [-0.3, -0.25) is 18.9 Å². The fourth-order valence-electron chi connectivity index (χ4n) is 8.95. The zero-order valence-electron chi connectivity index (χ0n) is 95.8. The zero-order valence-corrected chi connectivity index (χ0v) is 77.4. The van der Waals surface area contributed by atoms with Crippen LogP contribution >= 0.6 is 63.7 Å². The molecule has 8 N–H and O–H groups in total. The van der Waals surface area contributed by atoms with Gasteiger partial charge in [0.1, 0.15) is 78.1 Å². The second-order valence-corrected chi connectivity index (χ2v) is 33.1. The Balaban J connectivity index is 0.000000230. The molecule has 0 saturated carbocycles. The predicted molar refractivity (Wildman–Crippen MR) is 495 cm³/mol. The molecule has 4 aromatic carbocycles. The van der Waals surface area contributed by atoms with Crippen LogP contribution in [0.4, 0.5) is 23.3 Å². The lowest BCUT2D eigenvalue weighted by Gasteiger charge is -2.15. The lowest BCUT2D eigenvalue weighted by molar-refractivity contribution is 0.202. The van der Waals surface area contributed by atoms with Crippen LogP contribution in [-0.4, -0.2) is 192 Å². The molecule has 12 rings (SSSR count). The van der Waals surface area contributed by atoms with Crippen molar-refractivity contribution in [2.75, 3.05) is 97.7 Å².